The predicted molar refractivity (Wildman–Crippen MR) is 80.0 cm³/mol. The molecule has 0 aliphatic heterocycles. The molecular weight excluding hydrogens is 220 g/mol. The van der Waals surface area contributed by atoms with E-state index in [1.807, 2.05) is 74.5 Å². The lowest BCUT2D eigenvalue weighted by Gasteiger charge is -1.90. The topological polar surface area (TPSA) is 52.0 Å². The van der Waals surface area contributed by atoms with Gasteiger partial charge in [-0.25, -0.2) is 0 Å². The zero-order valence-corrected chi connectivity index (χ0v) is 11.3. The number of benzene rings is 2. The minimum absolute atomic E-state index is 0.640. The van der Waals surface area contributed by atoms with Crippen LogP contribution in [0, 0.1) is 0 Å². The predicted octanol–water partition coefficient (Wildman–Crippen LogP) is 3.32. The van der Waals surface area contributed by atoms with Crippen molar-refractivity contribution in [3.8, 4) is 0 Å². The fourth-order valence-electron chi connectivity index (χ4n) is 1.23. The van der Waals surface area contributed by atoms with Crippen molar-refractivity contribution in [1.82, 2.24) is 0 Å². The average molecular weight is 244 g/mol. The van der Waals surface area contributed by atoms with E-state index in [0.717, 1.165) is 0 Å². The molecule has 0 atom stereocenters. The first kappa shape index (κ1) is 16.4. The molecule has 98 valence electrons. The Kier molecular flexibility index (Phi) is 10.8. The Hall–Kier alpha value is -1.64. The number of nitrogens with two attached hydrogens (primary N) is 2. The van der Waals surface area contributed by atoms with E-state index in [4.69, 9.17) is 11.5 Å². The number of hydrogen-bond acceptors (Lipinski definition) is 2. The van der Waals surface area contributed by atoms with Gasteiger partial charge in [-0.05, 0) is 11.1 Å². The van der Waals surface area contributed by atoms with Gasteiger partial charge in [-0.3, -0.25) is 0 Å². The second-order valence-electron chi connectivity index (χ2n) is 3.38. The molecule has 2 aromatic carbocycles. The molecule has 2 heteroatoms. The van der Waals surface area contributed by atoms with Crippen LogP contribution in [0.25, 0.3) is 0 Å². The smallest absolute Gasteiger partial charge is 0.0178 e. The van der Waals surface area contributed by atoms with Crippen molar-refractivity contribution in [1.29, 1.82) is 0 Å². The molecule has 0 unspecified atom stereocenters. The number of rotatable bonds is 2. The Morgan fingerprint density at radius 3 is 1.06 bits per heavy atom. The highest BCUT2D eigenvalue weighted by Gasteiger charge is 1.80. The van der Waals surface area contributed by atoms with Gasteiger partial charge in [-0.15, -0.1) is 0 Å². The van der Waals surface area contributed by atoms with E-state index < -0.39 is 0 Å². The van der Waals surface area contributed by atoms with Gasteiger partial charge >= 0.3 is 0 Å². The summed E-state index contributed by atoms with van der Waals surface area (Å²) in [6.45, 7) is 5.28. The molecule has 4 N–H and O–H groups in total. The molecule has 2 rings (SSSR count). The maximum atomic E-state index is 5.35. The van der Waals surface area contributed by atoms with E-state index >= 15 is 0 Å². The van der Waals surface area contributed by atoms with Gasteiger partial charge < -0.3 is 11.5 Å². The van der Waals surface area contributed by atoms with Crippen molar-refractivity contribution in [2.45, 2.75) is 26.9 Å². The minimum Gasteiger partial charge on any atom is -0.326 e. The lowest BCUT2D eigenvalue weighted by molar-refractivity contribution is 1.07. The quantitative estimate of drug-likeness (QED) is 0.851. The monoisotopic (exact) mass is 244 g/mol. The van der Waals surface area contributed by atoms with Crippen LogP contribution >= 0.6 is 0 Å². The van der Waals surface area contributed by atoms with Crippen LogP contribution in [0.15, 0.2) is 60.7 Å². The third-order valence-corrected chi connectivity index (χ3v) is 2.16. The van der Waals surface area contributed by atoms with E-state index in [9.17, 15) is 0 Å². The summed E-state index contributed by atoms with van der Waals surface area (Å²) < 4.78 is 0. The summed E-state index contributed by atoms with van der Waals surface area (Å²) in [5, 5.41) is 0. The molecule has 0 saturated heterocycles. The van der Waals surface area contributed by atoms with Gasteiger partial charge in [0.25, 0.3) is 0 Å². The van der Waals surface area contributed by atoms with Gasteiger partial charge in [0.1, 0.15) is 0 Å². The molecule has 18 heavy (non-hydrogen) atoms. The van der Waals surface area contributed by atoms with Crippen LogP contribution in [-0.2, 0) is 13.1 Å². The number of hydrogen-bond donors (Lipinski definition) is 2. The Balaban J connectivity index is 0.000000283. The van der Waals surface area contributed by atoms with E-state index in [1.165, 1.54) is 11.1 Å². The summed E-state index contributed by atoms with van der Waals surface area (Å²) in [7, 11) is 0. The van der Waals surface area contributed by atoms with Gasteiger partial charge in [0.15, 0.2) is 0 Å². The van der Waals surface area contributed by atoms with Crippen LogP contribution in [0.5, 0.6) is 0 Å². The lowest BCUT2D eigenvalue weighted by Crippen LogP contribution is -1.94. The third kappa shape index (κ3) is 7.60. The molecule has 2 aromatic rings. The SMILES string of the molecule is CC.NCc1ccccc1.NCc1ccccc1. The minimum atomic E-state index is 0.640. The highest BCUT2D eigenvalue weighted by Crippen LogP contribution is 1.94. The molecule has 0 aliphatic rings. The van der Waals surface area contributed by atoms with Crippen LogP contribution in [0.2, 0.25) is 0 Å². The van der Waals surface area contributed by atoms with Crippen LogP contribution in [-0.4, -0.2) is 0 Å². The molecule has 2 nitrogen and oxygen atoms in total. The van der Waals surface area contributed by atoms with Crippen molar-refractivity contribution in [2.75, 3.05) is 0 Å². The fraction of sp³-hybridized carbons (Fsp3) is 0.250. The molecule has 0 spiro atoms. The Morgan fingerprint density at radius 2 is 0.889 bits per heavy atom. The van der Waals surface area contributed by atoms with E-state index in [0.29, 0.717) is 13.1 Å². The zero-order valence-electron chi connectivity index (χ0n) is 11.3. The fourth-order valence-corrected chi connectivity index (χ4v) is 1.23. The molecule has 0 bridgehead atoms. The van der Waals surface area contributed by atoms with Gasteiger partial charge in [0.05, 0.1) is 0 Å². The summed E-state index contributed by atoms with van der Waals surface area (Å²) in [4.78, 5) is 0. The first-order valence-electron chi connectivity index (χ1n) is 6.34. The van der Waals surface area contributed by atoms with Crippen LogP contribution < -0.4 is 11.5 Å². The van der Waals surface area contributed by atoms with E-state index in [1.54, 1.807) is 0 Å². The van der Waals surface area contributed by atoms with E-state index in [2.05, 4.69) is 0 Å². The summed E-state index contributed by atoms with van der Waals surface area (Å²) in [5.41, 5.74) is 13.1. The lowest BCUT2D eigenvalue weighted by atomic mass is 10.2. The van der Waals surface area contributed by atoms with Crippen LogP contribution in [0.4, 0.5) is 0 Å². The average Bonchev–Trinajstić information content (AvgIpc) is 2.51. The molecule has 0 radical (unpaired) electrons. The van der Waals surface area contributed by atoms with Crippen LogP contribution in [0.1, 0.15) is 25.0 Å². The Morgan fingerprint density at radius 1 is 0.611 bits per heavy atom. The molecule has 0 saturated carbocycles. The molecular formula is C16H24N2. The maximum Gasteiger partial charge on any atom is 0.0178 e. The molecule has 0 heterocycles. The van der Waals surface area contributed by atoms with Crippen molar-refractivity contribution >= 4 is 0 Å². The highest BCUT2D eigenvalue weighted by atomic mass is 14.5. The Bertz CT molecular complexity index is 331. The van der Waals surface area contributed by atoms with Crippen molar-refractivity contribution in [3.05, 3.63) is 71.8 Å². The molecule has 0 fully saturated rings. The molecule has 0 amide bonds. The summed E-state index contributed by atoms with van der Waals surface area (Å²) in [6.07, 6.45) is 0. The third-order valence-electron chi connectivity index (χ3n) is 2.16. The zero-order chi connectivity index (χ0) is 13.6. The molecule has 0 aliphatic carbocycles. The van der Waals surface area contributed by atoms with Gasteiger partial charge in [-0.1, -0.05) is 74.5 Å². The summed E-state index contributed by atoms with van der Waals surface area (Å²) >= 11 is 0. The van der Waals surface area contributed by atoms with Gasteiger partial charge in [0.2, 0.25) is 0 Å². The van der Waals surface area contributed by atoms with Crippen molar-refractivity contribution in [2.24, 2.45) is 11.5 Å². The first-order chi connectivity index (χ1) is 8.86. The van der Waals surface area contributed by atoms with Gasteiger partial charge in [0, 0.05) is 13.1 Å². The summed E-state index contributed by atoms with van der Waals surface area (Å²) in [6, 6.07) is 20.0. The second-order valence-corrected chi connectivity index (χ2v) is 3.38. The first-order valence-corrected chi connectivity index (χ1v) is 6.34. The highest BCUT2D eigenvalue weighted by molar-refractivity contribution is 5.14. The van der Waals surface area contributed by atoms with Crippen molar-refractivity contribution < 1.29 is 0 Å². The van der Waals surface area contributed by atoms with Crippen LogP contribution in [0.3, 0.4) is 0 Å². The normalized spacial score (nSPS) is 8.44. The van der Waals surface area contributed by atoms with Gasteiger partial charge in [-0.2, -0.15) is 0 Å². The second kappa shape index (κ2) is 11.8. The van der Waals surface area contributed by atoms with E-state index in [-0.39, 0.29) is 0 Å². The van der Waals surface area contributed by atoms with Crippen molar-refractivity contribution in [3.63, 3.8) is 0 Å². The maximum absolute atomic E-state index is 5.35. The Labute approximate surface area is 111 Å². The molecule has 0 aromatic heterocycles. The summed E-state index contributed by atoms with van der Waals surface area (Å²) in [5.74, 6) is 0. The largest absolute Gasteiger partial charge is 0.326 e. The standard InChI is InChI=1S/2C7H9N.C2H6/c2*8-6-7-4-2-1-3-5-7;1-2/h2*1-5H,6,8H2;1-2H3.